The fourth-order valence-electron chi connectivity index (χ4n) is 5.19. The molecule has 4 heterocycles. The number of aromatic nitrogens is 5. The van der Waals surface area contributed by atoms with Gasteiger partial charge in [-0.3, -0.25) is 14.6 Å². The van der Waals surface area contributed by atoms with E-state index in [9.17, 15) is 14.4 Å². The topological polar surface area (TPSA) is 116 Å². The smallest absolute Gasteiger partial charge is 0.325 e. The molecule has 1 aliphatic carbocycles. The van der Waals surface area contributed by atoms with E-state index in [-0.39, 0.29) is 17.2 Å². The Labute approximate surface area is 200 Å². The molecular weight excluding hydrogens is 444 g/mol. The number of carbonyl (C=O) groups excluding carboxylic acids is 1. The molecule has 2 atom stereocenters. The first kappa shape index (κ1) is 21.5. The van der Waals surface area contributed by atoms with Gasteiger partial charge in [0.15, 0.2) is 5.65 Å². The lowest BCUT2D eigenvalue weighted by Gasteiger charge is -2.20. The van der Waals surface area contributed by atoms with Gasteiger partial charge >= 0.3 is 5.69 Å². The number of rotatable bonds is 4. The second-order valence-corrected chi connectivity index (χ2v) is 10.4. The molecule has 9 heteroatoms. The fraction of sp³-hybridized carbons (Fsp3) is 0.346. The molecule has 1 aromatic carbocycles. The summed E-state index contributed by atoms with van der Waals surface area (Å²) in [5.74, 6) is 0.623. The Hall–Kier alpha value is -4.01. The first-order valence-electron chi connectivity index (χ1n) is 11.8. The van der Waals surface area contributed by atoms with Crippen LogP contribution >= 0.6 is 0 Å². The predicted molar refractivity (Wildman–Crippen MR) is 131 cm³/mol. The van der Waals surface area contributed by atoms with Gasteiger partial charge in [0.05, 0.1) is 11.3 Å². The molecule has 4 aromatic rings. The molecular formula is C26H26N6O3. The Morgan fingerprint density at radius 2 is 1.94 bits per heavy atom. The van der Waals surface area contributed by atoms with Gasteiger partial charge in [-0.1, -0.05) is 26.0 Å². The largest absolute Gasteiger partial charge is 0.338 e. The lowest BCUT2D eigenvalue weighted by molar-refractivity contribution is 0.0778. The van der Waals surface area contributed by atoms with E-state index in [1.165, 1.54) is 11.8 Å². The van der Waals surface area contributed by atoms with Crippen LogP contribution in [0.2, 0.25) is 0 Å². The maximum Gasteiger partial charge on any atom is 0.325 e. The second-order valence-electron chi connectivity index (χ2n) is 10.4. The zero-order chi connectivity index (χ0) is 24.3. The second kappa shape index (κ2) is 7.76. The minimum absolute atomic E-state index is 0.0958. The van der Waals surface area contributed by atoms with Crippen LogP contribution < -0.4 is 11.2 Å². The van der Waals surface area contributed by atoms with Crippen molar-refractivity contribution in [2.24, 2.45) is 5.41 Å². The molecule has 1 amide bonds. The number of fused-ring (bicyclic) bond motifs is 1. The number of aromatic amines is 2. The molecule has 2 aliphatic rings. The zero-order valence-corrected chi connectivity index (χ0v) is 19.6. The van der Waals surface area contributed by atoms with Crippen molar-refractivity contribution in [3.63, 3.8) is 0 Å². The summed E-state index contributed by atoms with van der Waals surface area (Å²) in [6, 6.07) is 9.86. The number of imidazole rings is 1. The summed E-state index contributed by atoms with van der Waals surface area (Å²) in [7, 11) is 0. The summed E-state index contributed by atoms with van der Waals surface area (Å²) < 4.78 is 1.67. The standard InChI is InChI=1S/C26H26N6O3/c1-26(2)7-9-31(14-26)24(34)16-5-3-15(4-6-16)17-11-18(17)19-12-21(30-32-10-8-27-22(19)32)20-13-28-25(35)29-23(20)33/h3-6,8,10,12-13,17-18H,7,9,11,14H2,1-2H3,(H2,28,29,33,35)/t17-,18+/m1/s1. The number of carbonyl (C=O) groups is 1. The molecule has 0 spiro atoms. The number of benzene rings is 1. The number of nitrogens with zero attached hydrogens (tertiary/aromatic N) is 4. The van der Waals surface area contributed by atoms with Crippen LogP contribution in [-0.4, -0.2) is 48.5 Å². The van der Waals surface area contributed by atoms with Crippen LogP contribution in [-0.2, 0) is 0 Å². The van der Waals surface area contributed by atoms with Gasteiger partial charge in [0.1, 0.15) is 0 Å². The third-order valence-corrected chi connectivity index (χ3v) is 7.22. The molecule has 0 unspecified atom stereocenters. The Morgan fingerprint density at radius 1 is 1.14 bits per heavy atom. The van der Waals surface area contributed by atoms with Crippen LogP contribution in [0.3, 0.4) is 0 Å². The van der Waals surface area contributed by atoms with Gasteiger partial charge in [0.25, 0.3) is 11.5 Å². The molecule has 9 nitrogen and oxygen atoms in total. The molecule has 0 radical (unpaired) electrons. The van der Waals surface area contributed by atoms with Gasteiger partial charge in [-0.2, -0.15) is 5.10 Å². The third kappa shape index (κ3) is 3.86. The molecule has 2 N–H and O–H groups in total. The summed E-state index contributed by atoms with van der Waals surface area (Å²) in [5.41, 5.74) is 3.58. The van der Waals surface area contributed by atoms with Crippen LogP contribution in [0.5, 0.6) is 0 Å². The minimum Gasteiger partial charge on any atom is -0.338 e. The highest BCUT2D eigenvalue weighted by Gasteiger charge is 2.41. The van der Waals surface area contributed by atoms with Crippen LogP contribution in [0.25, 0.3) is 16.9 Å². The normalized spacial score (nSPS) is 20.9. The predicted octanol–water partition coefficient (Wildman–Crippen LogP) is 2.92. The van der Waals surface area contributed by atoms with Gasteiger partial charge < -0.3 is 9.88 Å². The highest BCUT2D eigenvalue weighted by atomic mass is 16.2. The molecule has 1 aliphatic heterocycles. The van der Waals surface area contributed by atoms with E-state index in [4.69, 9.17) is 0 Å². The average molecular weight is 471 g/mol. The van der Waals surface area contributed by atoms with Crippen molar-refractivity contribution >= 4 is 11.6 Å². The summed E-state index contributed by atoms with van der Waals surface area (Å²) in [5, 5.41) is 4.51. The maximum atomic E-state index is 12.9. The van der Waals surface area contributed by atoms with Crippen LogP contribution in [0, 0.1) is 5.41 Å². The van der Waals surface area contributed by atoms with Crippen LogP contribution in [0.15, 0.2) is 58.5 Å². The van der Waals surface area contributed by atoms with Crippen LogP contribution in [0.1, 0.15) is 60.0 Å². The molecule has 35 heavy (non-hydrogen) atoms. The van der Waals surface area contributed by atoms with E-state index < -0.39 is 11.2 Å². The maximum absolute atomic E-state index is 12.9. The Morgan fingerprint density at radius 3 is 2.66 bits per heavy atom. The number of likely N-dealkylation sites (tertiary alicyclic amines) is 1. The fourth-order valence-corrected chi connectivity index (χ4v) is 5.19. The number of nitrogens with one attached hydrogen (secondary N) is 2. The van der Waals surface area contributed by atoms with Gasteiger partial charge in [-0.15, -0.1) is 0 Å². The molecule has 0 bridgehead atoms. The number of hydrogen-bond acceptors (Lipinski definition) is 5. The molecule has 1 saturated heterocycles. The summed E-state index contributed by atoms with van der Waals surface area (Å²) >= 11 is 0. The summed E-state index contributed by atoms with van der Waals surface area (Å²) in [6.07, 6.45) is 6.80. The summed E-state index contributed by atoms with van der Waals surface area (Å²) in [4.78, 5) is 47.9. The van der Waals surface area contributed by atoms with Crippen molar-refractivity contribution in [1.29, 1.82) is 0 Å². The van der Waals surface area contributed by atoms with E-state index in [0.29, 0.717) is 17.2 Å². The molecule has 3 aromatic heterocycles. The Balaban J connectivity index is 1.27. The number of amides is 1. The van der Waals surface area contributed by atoms with Crippen molar-refractivity contribution < 1.29 is 4.79 Å². The SMILES string of the molecule is CC1(C)CCN(C(=O)c2ccc([C@H]3C[C@@H]3c3cc(-c4c[nH]c(=O)[nH]c4=O)nn4ccnc34)cc2)C1. The lowest BCUT2D eigenvalue weighted by atomic mass is 9.93. The Bertz CT molecular complexity index is 1560. The van der Waals surface area contributed by atoms with Crippen molar-refractivity contribution in [2.45, 2.75) is 38.5 Å². The third-order valence-electron chi connectivity index (χ3n) is 7.22. The Kier molecular flexibility index (Phi) is 4.77. The zero-order valence-electron chi connectivity index (χ0n) is 19.6. The quantitative estimate of drug-likeness (QED) is 0.476. The highest BCUT2D eigenvalue weighted by molar-refractivity contribution is 5.94. The minimum atomic E-state index is -0.555. The van der Waals surface area contributed by atoms with Gasteiger partial charge in [-0.05, 0) is 53.9 Å². The van der Waals surface area contributed by atoms with Gasteiger partial charge in [0.2, 0.25) is 0 Å². The van der Waals surface area contributed by atoms with Crippen LogP contribution in [0.4, 0.5) is 0 Å². The highest BCUT2D eigenvalue weighted by Crippen LogP contribution is 2.55. The van der Waals surface area contributed by atoms with E-state index >= 15 is 0 Å². The lowest BCUT2D eigenvalue weighted by Crippen LogP contribution is -2.30. The molecule has 1 saturated carbocycles. The van der Waals surface area contributed by atoms with Crippen molar-refractivity contribution in [1.82, 2.24) is 29.5 Å². The van der Waals surface area contributed by atoms with E-state index in [1.807, 2.05) is 23.1 Å². The van der Waals surface area contributed by atoms with Gasteiger partial charge in [-0.25, -0.2) is 14.3 Å². The average Bonchev–Trinajstić information content (AvgIpc) is 3.33. The monoisotopic (exact) mass is 470 g/mol. The van der Waals surface area contributed by atoms with Gasteiger partial charge in [0, 0.05) is 42.8 Å². The molecule has 2 fully saturated rings. The number of H-pyrrole nitrogens is 2. The molecule has 6 rings (SSSR count). The molecule has 178 valence electrons. The number of hydrogen-bond donors (Lipinski definition) is 2. The summed E-state index contributed by atoms with van der Waals surface area (Å²) in [6.45, 7) is 6.00. The van der Waals surface area contributed by atoms with Crippen molar-refractivity contribution in [3.8, 4) is 11.3 Å². The van der Waals surface area contributed by atoms with Crippen molar-refractivity contribution in [3.05, 3.63) is 86.5 Å². The first-order valence-corrected chi connectivity index (χ1v) is 11.8. The van der Waals surface area contributed by atoms with E-state index in [2.05, 4.69) is 46.0 Å². The van der Waals surface area contributed by atoms with E-state index in [1.54, 1.807) is 16.9 Å². The first-order chi connectivity index (χ1) is 16.8. The van der Waals surface area contributed by atoms with E-state index in [0.717, 1.165) is 42.7 Å². The van der Waals surface area contributed by atoms with Crippen molar-refractivity contribution in [2.75, 3.05) is 13.1 Å².